The largest absolute Gasteiger partial charge is 0.398 e. The predicted molar refractivity (Wildman–Crippen MR) is 110 cm³/mol. The Labute approximate surface area is 163 Å². The molecule has 1 aliphatic rings. The maximum absolute atomic E-state index is 12.8. The molecular weight excluding hydrogens is 378 g/mol. The highest BCUT2D eigenvalue weighted by Gasteiger charge is 2.25. The standard InChI is InChI=1S/C20H21N3O2S2/c21-18-7-3-2-6-17(18)20-22-19(14-26-20)15-8-10-16(11-9-15)27(24,25)23-12-4-1-5-13-23/h2-3,6-11,14H,1,4-5,12-13,21H2. The predicted octanol–water partition coefficient (Wildman–Crippen LogP) is 4.23. The number of thiazole rings is 1. The number of piperidine rings is 1. The van der Waals surface area contributed by atoms with E-state index in [2.05, 4.69) is 4.98 Å². The van der Waals surface area contributed by atoms with Crippen LogP contribution in [0.15, 0.2) is 58.8 Å². The van der Waals surface area contributed by atoms with Crippen molar-refractivity contribution in [2.24, 2.45) is 0 Å². The van der Waals surface area contributed by atoms with Crippen molar-refractivity contribution in [3.05, 3.63) is 53.9 Å². The monoisotopic (exact) mass is 399 g/mol. The van der Waals surface area contributed by atoms with Gasteiger partial charge in [-0.15, -0.1) is 11.3 Å². The Balaban J connectivity index is 1.59. The number of aromatic nitrogens is 1. The number of rotatable bonds is 4. The van der Waals surface area contributed by atoms with Gasteiger partial charge in [-0.05, 0) is 37.1 Å². The molecule has 0 aliphatic carbocycles. The lowest BCUT2D eigenvalue weighted by Gasteiger charge is -2.25. The van der Waals surface area contributed by atoms with E-state index in [1.54, 1.807) is 16.4 Å². The lowest BCUT2D eigenvalue weighted by atomic mass is 10.1. The van der Waals surface area contributed by atoms with E-state index in [1.165, 1.54) is 11.3 Å². The Morgan fingerprint density at radius 1 is 0.963 bits per heavy atom. The number of benzene rings is 2. The molecule has 3 aromatic rings. The van der Waals surface area contributed by atoms with E-state index >= 15 is 0 Å². The van der Waals surface area contributed by atoms with Gasteiger partial charge in [-0.1, -0.05) is 30.7 Å². The first-order valence-corrected chi connectivity index (χ1v) is 11.3. The Morgan fingerprint density at radius 2 is 1.67 bits per heavy atom. The van der Waals surface area contributed by atoms with E-state index in [-0.39, 0.29) is 0 Å². The molecular formula is C20H21N3O2S2. The third-order valence-corrected chi connectivity index (χ3v) is 7.59. The summed E-state index contributed by atoms with van der Waals surface area (Å²) in [6.45, 7) is 1.22. The zero-order valence-electron chi connectivity index (χ0n) is 14.8. The molecule has 5 nitrogen and oxygen atoms in total. The molecule has 140 valence electrons. The second-order valence-corrected chi connectivity index (χ2v) is 9.41. The Bertz CT molecular complexity index is 1040. The van der Waals surface area contributed by atoms with Crippen LogP contribution in [-0.4, -0.2) is 30.8 Å². The molecule has 1 aliphatic heterocycles. The maximum atomic E-state index is 12.8. The molecule has 7 heteroatoms. The number of anilines is 1. The molecule has 4 rings (SSSR count). The molecule has 0 atom stereocenters. The Morgan fingerprint density at radius 3 is 2.37 bits per heavy atom. The molecule has 0 spiro atoms. The summed E-state index contributed by atoms with van der Waals surface area (Å²) in [5.41, 5.74) is 9.36. The highest BCUT2D eigenvalue weighted by atomic mass is 32.2. The Hall–Kier alpha value is -2.22. The van der Waals surface area contributed by atoms with Crippen LogP contribution in [0.4, 0.5) is 5.69 Å². The topological polar surface area (TPSA) is 76.3 Å². The van der Waals surface area contributed by atoms with Gasteiger partial charge in [-0.2, -0.15) is 4.31 Å². The molecule has 0 amide bonds. The van der Waals surface area contributed by atoms with E-state index in [9.17, 15) is 8.42 Å². The van der Waals surface area contributed by atoms with Gasteiger partial charge in [0.15, 0.2) is 0 Å². The summed E-state index contributed by atoms with van der Waals surface area (Å²) in [6, 6.07) is 14.6. The van der Waals surface area contributed by atoms with Gasteiger partial charge in [0.2, 0.25) is 10.0 Å². The summed E-state index contributed by atoms with van der Waals surface area (Å²) in [5, 5.41) is 2.82. The van der Waals surface area contributed by atoms with Crippen molar-refractivity contribution in [2.75, 3.05) is 18.8 Å². The number of nitrogens with zero attached hydrogens (tertiary/aromatic N) is 2. The molecule has 0 bridgehead atoms. The van der Waals surface area contributed by atoms with Crippen molar-refractivity contribution < 1.29 is 8.42 Å². The first-order chi connectivity index (χ1) is 13.1. The SMILES string of the molecule is Nc1ccccc1-c1nc(-c2ccc(S(=O)(=O)N3CCCCC3)cc2)cs1. The third-order valence-electron chi connectivity index (χ3n) is 4.80. The normalized spacial score (nSPS) is 15.7. The number of nitrogens with two attached hydrogens (primary N) is 1. The number of hydrogen-bond donors (Lipinski definition) is 1. The van der Waals surface area contributed by atoms with Gasteiger partial charge >= 0.3 is 0 Å². The van der Waals surface area contributed by atoms with Crippen LogP contribution in [0.25, 0.3) is 21.8 Å². The molecule has 1 saturated heterocycles. The van der Waals surface area contributed by atoms with Gasteiger partial charge < -0.3 is 5.73 Å². The minimum atomic E-state index is -3.41. The minimum absolute atomic E-state index is 0.343. The van der Waals surface area contributed by atoms with Crippen LogP contribution in [0, 0.1) is 0 Å². The van der Waals surface area contributed by atoms with E-state index < -0.39 is 10.0 Å². The number of para-hydroxylation sites is 1. The average Bonchev–Trinajstić information content (AvgIpc) is 3.19. The number of nitrogen functional groups attached to an aromatic ring is 1. The highest BCUT2D eigenvalue weighted by Crippen LogP contribution is 2.32. The summed E-state index contributed by atoms with van der Waals surface area (Å²) < 4.78 is 27.1. The van der Waals surface area contributed by atoms with Crippen LogP contribution in [-0.2, 0) is 10.0 Å². The minimum Gasteiger partial charge on any atom is -0.398 e. The Kier molecular flexibility index (Phi) is 4.99. The molecule has 2 N–H and O–H groups in total. The third kappa shape index (κ3) is 3.63. The summed E-state index contributed by atoms with van der Waals surface area (Å²) in [7, 11) is -3.41. The first-order valence-electron chi connectivity index (χ1n) is 8.97. The fourth-order valence-corrected chi connectivity index (χ4v) is 5.67. The van der Waals surface area contributed by atoms with Crippen LogP contribution < -0.4 is 5.73 Å². The average molecular weight is 400 g/mol. The van der Waals surface area contributed by atoms with E-state index in [0.717, 1.165) is 41.1 Å². The quantitative estimate of drug-likeness (QED) is 0.666. The van der Waals surface area contributed by atoms with Crippen LogP contribution in [0.3, 0.4) is 0 Å². The van der Waals surface area contributed by atoms with Gasteiger partial charge in [0.25, 0.3) is 0 Å². The van der Waals surface area contributed by atoms with Crippen LogP contribution in [0.5, 0.6) is 0 Å². The van der Waals surface area contributed by atoms with Crippen molar-refractivity contribution in [1.29, 1.82) is 0 Å². The van der Waals surface area contributed by atoms with Crippen LogP contribution in [0.2, 0.25) is 0 Å². The first kappa shape index (κ1) is 18.2. The number of sulfonamides is 1. The highest BCUT2D eigenvalue weighted by molar-refractivity contribution is 7.89. The second-order valence-electron chi connectivity index (χ2n) is 6.61. The van der Waals surface area contributed by atoms with Crippen molar-refractivity contribution in [2.45, 2.75) is 24.2 Å². The lowest BCUT2D eigenvalue weighted by molar-refractivity contribution is 0.346. The zero-order valence-corrected chi connectivity index (χ0v) is 16.5. The summed E-state index contributed by atoms with van der Waals surface area (Å²) in [4.78, 5) is 5.02. The summed E-state index contributed by atoms with van der Waals surface area (Å²) >= 11 is 1.53. The van der Waals surface area contributed by atoms with Gasteiger partial charge in [0, 0.05) is 35.3 Å². The van der Waals surface area contributed by atoms with Gasteiger partial charge in [0.1, 0.15) is 5.01 Å². The second kappa shape index (κ2) is 7.42. The van der Waals surface area contributed by atoms with Gasteiger partial charge in [-0.3, -0.25) is 0 Å². The van der Waals surface area contributed by atoms with Crippen molar-refractivity contribution in [1.82, 2.24) is 9.29 Å². The van der Waals surface area contributed by atoms with Crippen molar-refractivity contribution >= 4 is 27.0 Å². The van der Waals surface area contributed by atoms with E-state index in [4.69, 9.17) is 5.73 Å². The molecule has 0 saturated carbocycles. The van der Waals surface area contributed by atoms with Gasteiger partial charge in [-0.25, -0.2) is 13.4 Å². The van der Waals surface area contributed by atoms with Crippen molar-refractivity contribution in [3.8, 4) is 21.8 Å². The molecule has 0 unspecified atom stereocenters. The fourth-order valence-electron chi connectivity index (χ4n) is 3.27. The lowest BCUT2D eigenvalue weighted by Crippen LogP contribution is -2.35. The molecule has 2 aromatic carbocycles. The molecule has 27 heavy (non-hydrogen) atoms. The molecule has 1 aromatic heterocycles. The summed E-state index contributed by atoms with van der Waals surface area (Å²) in [6.07, 6.45) is 2.96. The summed E-state index contributed by atoms with van der Waals surface area (Å²) in [5.74, 6) is 0. The molecule has 2 heterocycles. The van der Waals surface area contributed by atoms with Crippen LogP contribution >= 0.6 is 11.3 Å². The fraction of sp³-hybridized carbons (Fsp3) is 0.250. The smallest absolute Gasteiger partial charge is 0.243 e. The maximum Gasteiger partial charge on any atom is 0.243 e. The van der Waals surface area contributed by atoms with Crippen molar-refractivity contribution in [3.63, 3.8) is 0 Å². The van der Waals surface area contributed by atoms with E-state index in [1.807, 2.05) is 41.8 Å². The zero-order chi connectivity index (χ0) is 18.9. The van der Waals surface area contributed by atoms with Crippen LogP contribution in [0.1, 0.15) is 19.3 Å². The molecule has 1 fully saturated rings. The van der Waals surface area contributed by atoms with E-state index in [0.29, 0.717) is 23.7 Å². The molecule has 0 radical (unpaired) electrons. The number of hydrogen-bond acceptors (Lipinski definition) is 5. The van der Waals surface area contributed by atoms with Gasteiger partial charge in [0.05, 0.1) is 10.6 Å².